The predicted molar refractivity (Wildman–Crippen MR) is 88.7 cm³/mol. The van der Waals surface area contributed by atoms with Crippen molar-refractivity contribution in [1.82, 2.24) is 5.32 Å². The van der Waals surface area contributed by atoms with Crippen LogP contribution in [0.5, 0.6) is 11.5 Å². The number of ether oxygens (including phenoxy) is 2. The molecule has 22 heavy (non-hydrogen) atoms. The van der Waals surface area contributed by atoms with Gasteiger partial charge in [0.25, 0.3) is 0 Å². The first-order valence-corrected chi connectivity index (χ1v) is 8.05. The Bertz CT molecular complexity index is 610. The molecule has 0 fully saturated rings. The molecule has 1 N–H and O–H groups in total. The van der Waals surface area contributed by atoms with Gasteiger partial charge in [-0.25, -0.2) is 0 Å². The van der Waals surface area contributed by atoms with Crippen molar-refractivity contribution in [1.29, 1.82) is 0 Å². The van der Waals surface area contributed by atoms with Gasteiger partial charge in [-0.05, 0) is 42.5 Å². The summed E-state index contributed by atoms with van der Waals surface area (Å²) in [5.74, 6) is 1.40. The number of nitrogens with one attached hydrogen (secondary N) is 1. The minimum atomic E-state index is -0.0735. The fraction of sp³-hybridized carbons (Fsp3) is 0.353. The standard InChI is InChI=1S/C17H21NO3S/c1-12(13-6-8-15(20-2)16(11-13)21-3)18-17(19)9-7-14-5-4-10-22-14/h4-6,8,10-12H,7,9H2,1-3H3,(H,18,19). The number of hydrogen-bond acceptors (Lipinski definition) is 4. The topological polar surface area (TPSA) is 47.6 Å². The number of carbonyl (C=O) groups excluding carboxylic acids is 1. The first-order valence-electron chi connectivity index (χ1n) is 7.17. The van der Waals surface area contributed by atoms with Gasteiger partial charge in [-0.1, -0.05) is 12.1 Å². The molecule has 0 aliphatic carbocycles. The first kappa shape index (κ1) is 16.4. The van der Waals surface area contributed by atoms with Crippen LogP contribution in [-0.2, 0) is 11.2 Å². The lowest BCUT2D eigenvalue weighted by Crippen LogP contribution is -2.26. The highest BCUT2D eigenvalue weighted by Crippen LogP contribution is 2.29. The minimum absolute atomic E-state index is 0.0516. The van der Waals surface area contributed by atoms with Crippen LogP contribution in [0.25, 0.3) is 0 Å². The normalized spacial score (nSPS) is 11.8. The number of rotatable bonds is 7. The summed E-state index contributed by atoms with van der Waals surface area (Å²) >= 11 is 1.68. The lowest BCUT2D eigenvalue weighted by molar-refractivity contribution is -0.121. The summed E-state index contributed by atoms with van der Waals surface area (Å²) < 4.78 is 10.5. The van der Waals surface area contributed by atoms with E-state index in [0.717, 1.165) is 12.0 Å². The molecular weight excluding hydrogens is 298 g/mol. The van der Waals surface area contributed by atoms with E-state index in [0.29, 0.717) is 17.9 Å². The van der Waals surface area contributed by atoms with E-state index in [-0.39, 0.29) is 11.9 Å². The van der Waals surface area contributed by atoms with E-state index in [4.69, 9.17) is 9.47 Å². The number of carbonyl (C=O) groups is 1. The van der Waals surface area contributed by atoms with Gasteiger partial charge >= 0.3 is 0 Å². The number of thiophene rings is 1. The molecule has 0 bridgehead atoms. The van der Waals surface area contributed by atoms with Gasteiger partial charge in [-0.3, -0.25) is 4.79 Å². The molecule has 1 amide bonds. The van der Waals surface area contributed by atoms with E-state index in [9.17, 15) is 4.79 Å². The van der Waals surface area contributed by atoms with Gasteiger partial charge in [-0.15, -0.1) is 11.3 Å². The van der Waals surface area contributed by atoms with Crippen molar-refractivity contribution in [3.8, 4) is 11.5 Å². The summed E-state index contributed by atoms with van der Waals surface area (Å²) in [6.45, 7) is 1.96. The third kappa shape index (κ3) is 4.24. The average molecular weight is 319 g/mol. The Labute approximate surface area is 135 Å². The van der Waals surface area contributed by atoms with Crippen LogP contribution in [-0.4, -0.2) is 20.1 Å². The fourth-order valence-corrected chi connectivity index (χ4v) is 2.92. The third-order valence-corrected chi connectivity index (χ3v) is 4.40. The van der Waals surface area contributed by atoms with Crippen LogP contribution in [0.15, 0.2) is 35.7 Å². The highest BCUT2D eigenvalue weighted by atomic mass is 32.1. The van der Waals surface area contributed by atoms with E-state index in [2.05, 4.69) is 11.4 Å². The molecule has 1 unspecified atom stereocenters. The Hall–Kier alpha value is -2.01. The Balaban J connectivity index is 1.93. The molecule has 1 aromatic carbocycles. The fourth-order valence-electron chi connectivity index (χ4n) is 2.21. The average Bonchev–Trinajstić information content (AvgIpc) is 3.05. The van der Waals surface area contributed by atoms with E-state index in [1.54, 1.807) is 25.6 Å². The van der Waals surface area contributed by atoms with E-state index < -0.39 is 0 Å². The van der Waals surface area contributed by atoms with Crippen molar-refractivity contribution in [2.45, 2.75) is 25.8 Å². The molecule has 0 aliphatic heterocycles. The molecule has 0 saturated carbocycles. The van der Waals surface area contributed by atoms with Crippen LogP contribution in [0.1, 0.15) is 29.8 Å². The maximum absolute atomic E-state index is 12.0. The SMILES string of the molecule is COc1ccc(C(C)NC(=O)CCc2cccs2)cc1OC. The summed E-state index contributed by atoms with van der Waals surface area (Å²) in [5.41, 5.74) is 0.988. The van der Waals surface area contributed by atoms with Crippen LogP contribution < -0.4 is 14.8 Å². The summed E-state index contributed by atoms with van der Waals surface area (Å²) in [5, 5.41) is 5.04. The van der Waals surface area contributed by atoms with Crippen LogP contribution in [0.3, 0.4) is 0 Å². The van der Waals surface area contributed by atoms with Gasteiger partial charge in [-0.2, -0.15) is 0 Å². The molecule has 2 aromatic rings. The van der Waals surface area contributed by atoms with E-state index in [1.165, 1.54) is 4.88 Å². The smallest absolute Gasteiger partial charge is 0.220 e. The zero-order chi connectivity index (χ0) is 15.9. The highest BCUT2D eigenvalue weighted by molar-refractivity contribution is 7.09. The zero-order valence-corrected chi connectivity index (χ0v) is 13.9. The quantitative estimate of drug-likeness (QED) is 0.848. The Morgan fingerprint density at radius 1 is 1.23 bits per heavy atom. The molecule has 0 spiro atoms. The summed E-state index contributed by atoms with van der Waals surface area (Å²) in [4.78, 5) is 13.3. The molecule has 4 nitrogen and oxygen atoms in total. The molecular formula is C17H21NO3S. The molecule has 1 heterocycles. The summed E-state index contributed by atoms with van der Waals surface area (Å²) in [6, 6.07) is 9.66. The van der Waals surface area contributed by atoms with Gasteiger partial charge in [0.15, 0.2) is 11.5 Å². The van der Waals surface area contributed by atoms with E-state index in [1.807, 2.05) is 36.6 Å². The lowest BCUT2D eigenvalue weighted by atomic mass is 10.1. The summed E-state index contributed by atoms with van der Waals surface area (Å²) in [7, 11) is 3.21. The summed E-state index contributed by atoms with van der Waals surface area (Å²) in [6.07, 6.45) is 1.28. The third-order valence-electron chi connectivity index (χ3n) is 3.46. The maximum atomic E-state index is 12.0. The lowest BCUT2D eigenvalue weighted by Gasteiger charge is -2.16. The molecule has 0 aliphatic rings. The van der Waals surface area contributed by atoms with Crippen molar-refractivity contribution in [3.05, 3.63) is 46.2 Å². The van der Waals surface area contributed by atoms with Crippen LogP contribution >= 0.6 is 11.3 Å². The number of methoxy groups -OCH3 is 2. The Morgan fingerprint density at radius 3 is 2.64 bits per heavy atom. The predicted octanol–water partition coefficient (Wildman–Crippen LogP) is 3.58. The largest absolute Gasteiger partial charge is 0.493 e. The molecule has 0 saturated heterocycles. The minimum Gasteiger partial charge on any atom is -0.493 e. The number of benzene rings is 1. The highest BCUT2D eigenvalue weighted by Gasteiger charge is 2.12. The first-order chi connectivity index (χ1) is 10.6. The van der Waals surface area contributed by atoms with E-state index >= 15 is 0 Å². The monoisotopic (exact) mass is 319 g/mol. The van der Waals surface area contributed by atoms with Crippen LogP contribution in [0.4, 0.5) is 0 Å². The van der Waals surface area contributed by atoms with Gasteiger partial charge in [0.2, 0.25) is 5.91 Å². The van der Waals surface area contributed by atoms with Crippen molar-refractivity contribution >= 4 is 17.2 Å². The second-order valence-electron chi connectivity index (χ2n) is 4.98. The number of hydrogen-bond donors (Lipinski definition) is 1. The molecule has 1 aromatic heterocycles. The Kier molecular flexibility index (Phi) is 5.83. The molecule has 2 rings (SSSR count). The van der Waals surface area contributed by atoms with Crippen molar-refractivity contribution < 1.29 is 14.3 Å². The van der Waals surface area contributed by atoms with Gasteiger partial charge < -0.3 is 14.8 Å². The second-order valence-corrected chi connectivity index (χ2v) is 6.02. The molecule has 0 radical (unpaired) electrons. The van der Waals surface area contributed by atoms with Crippen LogP contribution in [0.2, 0.25) is 0 Å². The zero-order valence-electron chi connectivity index (χ0n) is 13.1. The Morgan fingerprint density at radius 2 is 2.00 bits per heavy atom. The molecule has 118 valence electrons. The van der Waals surface area contributed by atoms with Crippen LogP contribution in [0, 0.1) is 0 Å². The van der Waals surface area contributed by atoms with Gasteiger partial charge in [0.1, 0.15) is 0 Å². The second kappa shape index (κ2) is 7.84. The molecule has 1 atom stereocenters. The molecule has 5 heteroatoms. The van der Waals surface area contributed by atoms with Gasteiger partial charge in [0.05, 0.1) is 20.3 Å². The van der Waals surface area contributed by atoms with Crippen molar-refractivity contribution in [2.24, 2.45) is 0 Å². The number of aryl methyl sites for hydroxylation is 1. The maximum Gasteiger partial charge on any atom is 0.220 e. The van der Waals surface area contributed by atoms with Crippen molar-refractivity contribution in [3.63, 3.8) is 0 Å². The van der Waals surface area contributed by atoms with Gasteiger partial charge in [0, 0.05) is 11.3 Å². The van der Waals surface area contributed by atoms with Crippen molar-refractivity contribution in [2.75, 3.05) is 14.2 Å². The number of amides is 1.